The van der Waals surface area contributed by atoms with Crippen LogP contribution in [0.15, 0.2) is 0 Å². The number of imide groups is 1. The van der Waals surface area contributed by atoms with Crippen LogP contribution in [0, 0.1) is 23.7 Å². The Labute approximate surface area is 173 Å². The Morgan fingerprint density at radius 3 is 2.24 bits per heavy atom. The molecule has 0 radical (unpaired) electrons. The van der Waals surface area contributed by atoms with Crippen molar-refractivity contribution in [1.82, 2.24) is 15.3 Å². The third-order valence-electron chi connectivity index (χ3n) is 7.75. The Kier molecular flexibility index (Phi) is 5.62. The number of nitrogens with one attached hydrogen (secondary N) is 1. The summed E-state index contributed by atoms with van der Waals surface area (Å²) in [6.07, 6.45) is 8.72. The van der Waals surface area contributed by atoms with E-state index in [1.54, 1.807) is 15.3 Å². The molecule has 0 aromatic carbocycles. The van der Waals surface area contributed by atoms with Crippen molar-refractivity contribution in [3.63, 3.8) is 0 Å². The lowest BCUT2D eigenvalue weighted by Crippen LogP contribution is -2.62. The van der Waals surface area contributed by atoms with E-state index in [0.29, 0.717) is 43.1 Å². The molecule has 4 saturated carbocycles. The highest BCUT2D eigenvalue weighted by molar-refractivity contribution is 6.05. The second-order valence-electron chi connectivity index (χ2n) is 10.4. The van der Waals surface area contributed by atoms with Crippen LogP contribution in [0.3, 0.4) is 0 Å². The molecule has 2 N–H and O–H groups in total. The Morgan fingerprint density at radius 1 is 1.14 bits per heavy atom. The number of carbonyl (C=O) groups is 3. The predicted molar refractivity (Wildman–Crippen MR) is 107 cm³/mol. The quantitative estimate of drug-likeness (QED) is 0.368. The van der Waals surface area contributed by atoms with Crippen LogP contribution in [0.5, 0.6) is 0 Å². The standard InChI is InChI=1S/C22H35N3O4/c1-14(2)6-7-24-18(4-3-5-19(26)23-29)20(27)25(21(24)28)22-11-15-8-16(12-22)10-17(9-15)13-22/h14-18,29H,3-13H2,1-2H3,(H,23,26). The lowest BCUT2D eigenvalue weighted by Gasteiger charge is -2.58. The number of urea groups is 1. The summed E-state index contributed by atoms with van der Waals surface area (Å²) in [6.45, 7) is 4.83. The lowest BCUT2D eigenvalue weighted by molar-refractivity contribution is -0.141. The zero-order chi connectivity index (χ0) is 20.8. The van der Waals surface area contributed by atoms with Crippen LogP contribution in [0.25, 0.3) is 0 Å². The van der Waals surface area contributed by atoms with Gasteiger partial charge in [0, 0.05) is 13.0 Å². The number of amides is 4. The summed E-state index contributed by atoms with van der Waals surface area (Å²) in [7, 11) is 0. The van der Waals surface area contributed by atoms with Crippen molar-refractivity contribution in [2.45, 2.75) is 89.6 Å². The summed E-state index contributed by atoms with van der Waals surface area (Å²) in [5, 5.41) is 8.72. The van der Waals surface area contributed by atoms with Gasteiger partial charge in [0.2, 0.25) is 5.91 Å². The molecule has 5 rings (SSSR count). The predicted octanol–water partition coefficient (Wildman–Crippen LogP) is 3.31. The number of hydroxylamine groups is 1. The second kappa shape index (κ2) is 7.89. The summed E-state index contributed by atoms with van der Waals surface area (Å²) in [4.78, 5) is 41.9. The fourth-order valence-corrected chi connectivity index (χ4v) is 6.85. The number of carbonyl (C=O) groups excluding carboxylic acids is 3. The minimum absolute atomic E-state index is 0.0508. The van der Waals surface area contributed by atoms with Gasteiger partial charge in [-0.1, -0.05) is 13.8 Å². The van der Waals surface area contributed by atoms with Crippen LogP contribution in [0.1, 0.15) is 78.1 Å². The van der Waals surface area contributed by atoms with Gasteiger partial charge in [0.15, 0.2) is 0 Å². The SMILES string of the molecule is CC(C)CCN1C(=O)N(C23CC4CC(CC(C4)C2)C3)C(=O)C1CCCC(=O)NO. The number of hydrogen-bond acceptors (Lipinski definition) is 4. The summed E-state index contributed by atoms with van der Waals surface area (Å²) in [5.41, 5.74) is 1.38. The van der Waals surface area contributed by atoms with E-state index in [1.165, 1.54) is 19.3 Å². The molecule has 4 amide bonds. The van der Waals surface area contributed by atoms with Gasteiger partial charge in [0.25, 0.3) is 5.91 Å². The minimum atomic E-state index is -0.472. The molecule has 7 nitrogen and oxygen atoms in total. The zero-order valence-corrected chi connectivity index (χ0v) is 17.7. The fraction of sp³-hybridized carbons (Fsp3) is 0.864. The molecule has 0 aromatic heterocycles. The van der Waals surface area contributed by atoms with Crippen LogP contribution in [0.2, 0.25) is 0 Å². The molecule has 162 valence electrons. The maximum atomic E-state index is 13.5. The molecule has 5 fully saturated rings. The molecule has 1 unspecified atom stereocenters. The van der Waals surface area contributed by atoms with Gasteiger partial charge in [-0.3, -0.25) is 19.7 Å². The van der Waals surface area contributed by atoms with Crippen molar-refractivity contribution < 1.29 is 19.6 Å². The maximum Gasteiger partial charge on any atom is 0.327 e. The number of hydrogen-bond donors (Lipinski definition) is 2. The smallest absolute Gasteiger partial charge is 0.312 e. The topological polar surface area (TPSA) is 90.0 Å². The summed E-state index contributed by atoms with van der Waals surface area (Å²) >= 11 is 0. The highest BCUT2D eigenvalue weighted by Crippen LogP contribution is 2.58. The average molecular weight is 406 g/mol. The first-order valence-corrected chi connectivity index (χ1v) is 11.4. The molecule has 1 atom stereocenters. The van der Waals surface area contributed by atoms with E-state index in [1.807, 2.05) is 0 Å². The first-order chi connectivity index (χ1) is 13.8. The summed E-state index contributed by atoms with van der Waals surface area (Å²) in [5.74, 6) is 1.95. The van der Waals surface area contributed by atoms with Gasteiger partial charge in [-0.15, -0.1) is 0 Å². The molecule has 0 aromatic rings. The van der Waals surface area contributed by atoms with Gasteiger partial charge in [0.05, 0.1) is 5.54 Å². The first kappa shape index (κ1) is 20.6. The Balaban J connectivity index is 1.54. The van der Waals surface area contributed by atoms with Crippen molar-refractivity contribution in [3.8, 4) is 0 Å². The van der Waals surface area contributed by atoms with E-state index in [-0.39, 0.29) is 23.9 Å². The molecular weight excluding hydrogens is 370 g/mol. The minimum Gasteiger partial charge on any atom is -0.312 e. The van der Waals surface area contributed by atoms with E-state index in [2.05, 4.69) is 13.8 Å². The van der Waals surface area contributed by atoms with Gasteiger partial charge in [-0.05, 0) is 81.5 Å². The Bertz CT molecular complexity index is 642. The van der Waals surface area contributed by atoms with Crippen LogP contribution in [0.4, 0.5) is 4.79 Å². The van der Waals surface area contributed by atoms with Crippen LogP contribution < -0.4 is 5.48 Å². The van der Waals surface area contributed by atoms with E-state index in [9.17, 15) is 14.4 Å². The molecule has 5 aliphatic rings. The monoisotopic (exact) mass is 405 g/mol. The van der Waals surface area contributed by atoms with Crippen molar-refractivity contribution in [2.24, 2.45) is 23.7 Å². The zero-order valence-electron chi connectivity index (χ0n) is 17.7. The van der Waals surface area contributed by atoms with Gasteiger partial charge < -0.3 is 4.90 Å². The van der Waals surface area contributed by atoms with Crippen molar-refractivity contribution >= 4 is 17.8 Å². The molecule has 4 bridgehead atoms. The van der Waals surface area contributed by atoms with Crippen molar-refractivity contribution in [2.75, 3.05) is 6.54 Å². The van der Waals surface area contributed by atoms with Crippen LogP contribution in [-0.2, 0) is 9.59 Å². The van der Waals surface area contributed by atoms with Crippen molar-refractivity contribution in [3.05, 3.63) is 0 Å². The van der Waals surface area contributed by atoms with Crippen LogP contribution >= 0.6 is 0 Å². The highest BCUT2D eigenvalue weighted by atomic mass is 16.5. The summed E-state index contributed by atoms with van der Waals surface area (Å²) in [6, 6.07) is -0.574. The average Bonchev–Trinajstić information content (AvgIpc) is 2.88. The third-order valence-corrected chi connectivity index (χ3v) is 7.75. The van der Waals surface area contributed by atoms with Gasteiger partial charge >= 0.3 is 6.03 Å². The molecule has 0 spiro atoms. The molecule has 4 aliphatic carbocycles. The van der Waals surface area contributed by atoms with E-state index in [0.717, 1.165) is 25.7 Å². The maximum absolute atomic E-state index is 13.5. The van der Waals surface area contributed by atoms with E-state index in [4.69, 9.17) is 5.21 Å². The highest BCUT2D eigenvalue weighted by Gasteiger charge is 2.60. The number of rotatable bonds is 8. The normalized spacial score (nSPS) is 35.9. The molecule has 29 heavy (non-hydrogen) atoms. The van der Waals surface area contributed by atoms with Crippen LogP contribution in [-0.4, -0.2) is 51.0 Å². The number of nitrogens with zero attached hydrogens (tertiary/aromatic N) is 2. The van der Waals surface area contributed by atoms with Gasteiger partial charge in [-0.25, -0.2) is 10.3 Å². The first-order valence-electron chi connectivity index (χ1n) is 11.4. The van der Waals surface area contributed by atoms with E-state index >= 15 is 0 Å². The molecule has 1 aliphatic heterocycles. The molecular formula is C22H35N3O4. The molecule has 1 heterocycles. The molecule has 7 heteroatoms. The van der Waals surface area contributed by atoms with E-state index < -0.39 is 11.9 Å². The molecule has 1 saturated heterocycles. The second-order valence-corrected chi connectivity index (χ2v) is 10.4. The largest absolute Gasteiger partial charge is 0.327 e. The van der Waals surface area contributed by atoms with Gasteiger partial charge in [-0.2, -0.15) is 0 Å². The van der Waals surface area contributed by atoms with Crippen molar-refractivity contribution in [1.29, 1.82) is 0 Å². The Hall–Kier alpha value is -1.63. The van der Waals surface area contributed by atoms with Gasteiger partial charge in [0.1, 0.15) is 6.04 Å². The third kappa shape index (κ3) is 3.78. The Morgan fingerprint density at radius 2 is 1.72 bits per heavy atom. The lowest BCUT2D eigenvalue weighted by atomic mass is 9.52. The fourth-order valence-electron chi connectivity index (χ4n) is 6.85. The summed E-state index contributed by atoms with van der Waals surface area (Å²) < 4.78 is 0.